The van der Waals surface area contributed by atoms with Crippen LogP contribution in [0.4, 0.5) is 17.1 Å². The number of nitrogens with two attached hydrogens (primary N) is 1. The van der Waals surface area contributed by atoms with Crippen LogP contribution >= 0.6 is 0 Å². The fraction of sp³-hybridized carbons (Fsp3) is 0.289. The fourth-order valence-corrected chi connectivity index (χ4v) is 9.22. The van der Waals surface area contributed by atoms with Crippen LogP contribution in [-0.2, 0) is 14.8 Å². The summed E-state index contributed by atoms with van der Waals surface area (Å²) in [4.78, 5) is 15.3. The van der Waals surface area contributed by atoms with E-state index in [0.717, 1.165) is 64.6 Å². The summed E-state index contributed by atoms with van der Waals surface area (Å²) in [5, 5.41) is 4.81. The highest BCUT2D eigenvalue weighted by Crippen LogP contribution is 2.44. The van der Waals surface area contributed by atoms with Crippen LogP contribution in [0.1, 0.15) is 38.5 Å². The van der Waals surface area contributed by atoms with Gasteiger partial charge in [-0.25, -0.2) is 8.42 Å². The lowest BCUT2D eigenvalue weighted by Gasteiger charge is -2.31. The highest BCUT2D eigenvalue weighted by atomic mass is 32.2. The molecule has 9 nitrogen and oxygen atoms in total. The molecule has 7 rings (SSSR count). The summed E-state index contributed by atoms with van der Waals surface area (Å²) in [5.74, 6) is 0.443. The summed E-state index contributed by atoms with van der Waals surface area (Å²) in [7, 11) is 0.110. The molecule has 0 bridgehead atoms. The summed E-state index contributed by atoms with van der Waals surface area (Å²) in [5.41, 5.74) is 11.4. The zero-order chi connectivity index (χ0) is 38.4. The van der Waals surface area contributed by atoms with E-state index in [1.54, 1.807) is 16.4 Å². The molecular formula is C45H50N5O4S+. The minimum atomic E-state index is -3.93. The molecule has 3 aliphatic rings. The molecule has 2 aliphatic heterocycles. The van der Waals surface area contributed by atoms with Crippen molar-refractivity contribution in [2.75, 3.05) is 45.2 Å². The van der Waals surface area contributed by atoms with Crippen LogP contribution in [0.3, 0.4) is 0 Å². The van der Waals surface area contributed by atoms with Gasteiger partial charge >= 0.3 is 0 Å². The maximum atomic E-state index is 14.6. The molecule has 55 heavy (non-hydrogen) atoms. The van der Waals surface area contributed by atoms with Gasteiger partial charge in [0, 0.05) is 90.3 Å². The standard InChI is InChI=1S/C45H49N5O4S/c1-48(34-15-7-5-8-16-34)36-21-23-38-41(31-36)54-42-32-37(49(2)35-17-9-6-10-18-35)22-24-39(42)44(38)40-19-11-12-20-43(40)55(52,53)50-29-25-33(26-30-50)45(51)47-28-14-4-3-13-27-46/h5-12,15-24,31-33H,3-4,13-14,25-30,46H2,1-2H3/p+1. The third kappa shape index (κ3) is 8.22. The molecule has 0 saturated carbocycles. The van der Waals surface area contributed by atoms with E-state index >= 15 is 0 Å². The number of benzene rings is 5. The number of hydrogen-bond donors (Lipinski definition) is 2. The maximum absolute atomic E-state index is 14.6. The topological polar surface area (TPSA) is 112 Å². The Balaban J connectivity index is 1.26. The van der Waals surface area contributed by atoms with Crippen molar-refractivity contribution in [3.05, 3.63) is 127 Å². The first-order chi connectivity index (χ1) is 26.8. The molecule has 0 unspecified atom stereocenters. The molecule has 0 aromatic heterocycles. The van der Waals surface area contributed by atoms with Crippen molar-refractivity contribution in [1.29, 1.82) is 0 Å². The van der Waals surface area contributed by atoms with Gasteiger partial charge in [0.05, 0.1) is 11.0 Å². The summed E-state index contributed by atoms with van der Waals surface area (Å²) in [6.45, 7) is 1.88. The van der Waals surface area contributed by atoms with E-state index in [1.807, 2.05) is 99.0 Å². The van der Waals surface area contributed by atoms with Gasteiger partial charge in [0.2, 0.25) is 27.0 Å². The zero-order valence-electron chi connectivity index (χ0n) is 31.7. The number of unbranched alkanes of at least 4 members (excludes halogenated alkanes) is 3. The third-order valence-corrected chi connectivity index (χ3v) is 12.7. The molecule has 0 spiro atoms. The highest BCUT2D eigenvalue weighted by molar-refractivity contribution is 7.89. The number of anilines is 2. The van der Waals surface area contributed by atoms with Crippen LogP contribution in [0.2, 0.25) is 0 Å². The third-order valence-electron chi connectivity index (χ3n) is 10.8. The van der Waals surface area contributed by atoms with Gasteiger partial charge in [-0.05, 0) is 68.6 Å². The zero-order valence-corrected chi connectivity index (χ0v) is 32.5. The Morgan fingerprint density at radius 3 is 2.25 bits per heavy atom. The summed E-state index contributed by atoms with van der Waals surface area (Å²) in [6, 6.07) is 39.7. The number of rotatable bonds is 13. The monoisotopic (exact) mass is 756 g/mol. The second-order valence-corrected chi connectivity index (χ2v) is 16.2. The minimum absolute atomic E-state index is 0.0109. The smallest absolute Gasteiger partial charge is 0.243 e. The Kier molecular flexibility index (Phi) is 11.8. The van der Waals surface area contributed by atoms with Crippen LogP contribution in [0.25, 0.3) is 33.4 Å². The van der Waals surface area contributed by atoms with E-state index in [4.69, 9.17) is 10.2 Å². The van der Waals surface area contributed by atoms with E-state index in [9.17, 15) is 13.2 Å². The minimum Gasteiger partial charge on any atom is -0.456 e. The van der Waals surface area contributed by atoms with Crippen LogP contribution in [0.15, 0.2) is 131 Å². The Morgan fingerprint density at radius 1 is 0.818 bits per heavy atom. The molecule has 1 saturated heterocycles. The SMILES string of the molecule is CN(c1ccccc1)c1ccc2c(-c3ccccc3S(=O)(=O)N3CCC(C(=O)NCCCCCCN)CC3)c3ccc(=[N+](C)c4ccccc4)cc-3oc2c1. The van der Waals surface area contributed by atoms with E-state index in [0.29, 0.717) is 42.8 Å². The summed E-state index contributed by atoms with van der Waals surface area (Å²) < 4.78 is 39.6. The lowest BCUT2D eigenvalue weighted by atomic mass is 9.93. The van der Waals surface area contributed by atoms with Gasteiger partial charge in [-0.2, -0.15) is 8.88 Å². The van der Waals surface area contributed by atoms with Crippen LogP contribution in [0.5, 0.6) is 0 Å². The lowest BCUT2D eigenvalue weighted by molar-refractivity contribution is -0.126. The van der Waals surface area contributed by atoms with Crippen molar-refractivity contribution in [2.45, 2.75) is 43.4 Å². The largest absolute Gasteiger partial charge is 0.456 e. The average molecular weight is 757 g/mol. The molecule has 2 heterocycles. The number of carbonyl (C=O) groups excluding carboxylic acids is 1. The van der Waals surface area contributed by atoms with Crippen molar-refractivity contribution in [1.82, 2.24) is 14.2 Å². The van der Waals surface area contributed by atoms with Crippen LogP contribution < -0.4 is 25.9 Å². The molecule has 1 amide bonds. The first kappa shape index (κ1) is 38.0. The molecule has 3 N–H and O–H groups in total. The lowest BCUT2D eigenvalue weighted by Crippen LogP contribution is -2.43. The number of sulfonamides is 1. The number of para-hydroxylation sites is 2. The molecular weight excluding hydrogens is 707 g/mol. The number of amides is 1. The predicted octanol–water partition coefficient (Wildman–Crippen LogP) is 7.74. The predicted molar refractivity (Wildman–Crippen MR) is 222 cm³/mol. The first-order valence-electron chi connectivity index (χ1n) is 19.2. The normalized spacial score (nSPS) is 14.6. The number of nitrogens with one attached hydrogen (secondary N) is 1. The second kappa shape index (κ2) is 17.0. The van der Waals surface area contributed by atoms with Crippen molar-refractivity contribution in [3.63, 3.8) is 0 Å². The number of fused-ring (bicyclic) bond motifs is 2. The molecule has 284 valence electrons. The van der Waals surface area contributed by atoms with Gasteiger partial charge in [-0.15, -0.1) is 0 Å². The number of carbonyl (C=O) groups is 1. The Hall–Kier alpha value is -5.29. The Morgan fingerprint density at radius 2 is 1.51 bits per heavy atom. The second-order valence-electron chi connectivity index (χ2n) is 14.3. The van der Waals surface area contributed by atoms with Gasteiger partial charge < -0.3 is 20.4 Å². The van der Waals surface area contributed by atoms with Crippen molar-refractivity contribution in [3.8, 4) is 22.5 Å². The quantitative estimate of drug-likeness (QED) is 0.0709. The molecule has 4 aromatic carbocycles. The first-order valence-corrected chi connectivity index (χ1v) is 20.7. The highest BCUT2D eigenvalue weighted by Gasteiger charge is 2.34. The van der Waals surface area contributed by atoms with E-state index < -0.39 is 10.0 Å². The van der Waals surface area contributed by atoms with Gasteiger partial charge in [-0.1, -0.05) is 67.4 Å². The van der Waals surface area contributed by atoms with E-state index in [-0.39, 0.29) is 29.8 Å². The van der Waals surface area contributed by atoms with Crippen LogP contribution in [-0.4, -0.2) is 58.9 Å². The number of hydrogen-bond acceptors (Lipinski definition) is 6. The van der Waals surface area contributed by atoms with E-state index in [1.165, 1.54) is 0 Å². The summed E-state index contributed by atoms with van der Waals surface area (Å²) >= 11 is 0. The van der Waals surface area contributed by atoms with Gasteiger partial charge in [0.15, 0.2) is 0 Å². The molecule has 0 radical (unpaired) electrons. The fourth-order valence-electron chi connectivity index (χ4n) is 7.55. The molecule has 0 atom stereocenters. The maximum Gasteiger partial charge on any atom is 0.243 e. The Labute approximate surface area is 324 Å². The van der Waals surface area contributed by atoms with Crippen LogP contribution in [0, 0.1) is 5.92 Å². The number of nitrogens with zero attached hydrogens (tertiary/aromatic N) is 3. The summed E-state index contributed by atoms with van der Waals surface area (Å²) in [6.07, 6.45) is 4.97. The molecule has 10 heteroatoms. The van der Waals surface area contributed by atoms with Gasteiger partial charge in [0.25, 0.3) is 0 Å². The van der Waals surface area contributed by atoms with Crippen molar-refractivity contribution < 1.29 is 17.6 Å². The molecule has 1 aliphatic carbocycles. The average Bonchev–Trinajstić information content (AvgIpc) is 3.23. The van der Waals surface area contributed by atoms with Crippen molar-refractivity contribution in [2.24, 2.45) is 11.7 Å². The molecule has 4 aromatic rings. The van der Waals surface area contributed by atoms with Gasteiger partial charge in [-0.3, -0.25) is 4.79 Å². The number of piperidine rings is 1. The van der Waals surface area contributed by atoms with Crippen molar-refractivity contribution >= 4 is 44.0 Å². The van der Waals surface area contributed by atoms with Gasteiger partial charge in [0.1, 0.15) is 18.4 Å². The molecule has 1 fully saturated rings. The van der Waals surface area contributed by atoms with E-state index in [2.05, 4.69) is 39.1 Å². The Bertz CT molecular complexity index is 2410.